The van der Waals surface area contributed by atoms with E-state index in [0.29, 0.717) is 19.6 Å². The third-order valence-corrected chi connectivity index (χ3v) is 1.22. The van der Waals surface area contributed by atoms with E-state index >= 15 is 0 Å². The normalized spacial score (nSPS) is 11.5. The molecule has 0 saturated heterocycles. The number of halogens is 1. The highest BCUT2D eigenvalue weighted by atomic mass is 35.5. The average Bonchev–Trinajstić information content (AvgIpc) is 1.88. The van der Waals surface area contributed by atoms with Crippen molar-refractivity contribution in [1.29, 1.82) is 0 Å². The first-order chi connectivity index (χ1) is 4.70. The van der Waals surface area contributed by atoms with Gasteiger partial charge < -0.3 is 10.5 Å². The molecule has 0 aromatic heterocycles. The minimum Gasteiger partial charge on any atom is -0.466 e. The molecular weight excluding hydrogens is 166 g/mol. The zero-order valence-electron chi connectivity index (χ0n) is 7.00. The summed E-state index contributed by atoms with van der Waals surface area (Å²) in [6.07, 6.45) is 0.435. The fourth-order valence-electron chi connectivity index (χ4n) is 0.588. The Bertz CT molecular complexity index is 109. The second-order valence-corrected chi connectivity index (χ2v) is 2.35. The first kappa shape index (κ1) is 13.3. The van der Waals surface area contributed by atoms with Crippen LogP contribution >= 0.6 is 12.4 Å². The van der Waals surface area contributed by atoms with Crippen LogP contribution in [0.4, 0.5) is 0 Å². The maximum Gasteiger partial charge on any atom is 0.306 e. The molecule has 1 atom stereocenters. The lowest BCUT2D eigenvalue weighted by atomic mass is 10.1. The second-order valence-electron chi connectivity index (χ2n) is 2.35. The highest BCUT2D eigenvalue weighted by molar-refractivity contribution is 5.85. The summed E-state index contributed by atoms with van der Waals surface area (Å²) in [6, 6.07) is 0. The molecule has 2 N–H and O–H groups in total. The molecule has 0 amide bonds. The zero-order valence-corrected chi connectivity index (χ0v) is 7.82. The summed E-state index contributed by atoms with van der Waals surface area (Å²) in [7, 11) is 0. The van der Waals surface area contributed by atoms with E-state index in [9.17, 15) is 4.79 Å². The first-order valence-electron chi connectivity index (χ1n) is 3.56. The van der Waals surface area contributed by atoms with Gasteiger partial charge >= 0.3 is 5.97 Å². The molecule has 3 nitrogen and oxygen atoms in total. The number of esters is 1. The zero-order chi connectivity index (χ0) is 7.98. The third-order valence-electron chi connectivity index (χ3n) is 1.22. The van der Waals surface area contributed by atoms with Crippen LogP contribution < -0.4 is 5.73 Å². The molecule has 0 aromatic rings. The van der Waals surface area contributed by atoms with Gasteiger partial charge in [-0.1, -0.05) is 6.92 Å². The van der Waals surface area contributed by atoms with Crippen LogP contribution in [-0.2, 0) is 9.53 Å². The highest BCUT2D eigenvalue weighted by Crippen LogP contribution is 1.99. The molecule has 0 unspecified atom stereocenters. The molecule has 0 saturated carbocycles. The van der Waals surface area contributed by atoms with E-state index in [1.807, 2.05) is 6.92 Å². The summed E-state index contributed by atoms with van der Waals surface area (Å²) in [4.78, 5) is 10.7. The Kier molecular flexibility index (Phi) is 9.47. The second kappa shape index (κ2) is 7.82. The van der Waals surface area contributed by atoms with Gasteiger partial charge in [-0.15, -0.1) is 12.4 Å². The van der Waals surface area contributed by atoms with Crippen molar-refractivity contribution in [2.45, 2.75) is 20.3 Å². The summed E-state index contributed by atoms with van der Waals surface area (Å²) in [5.41, 5.74) is 5.31. The smallest absolute Gasteiger partial charge is 0.306 e. The minimum absolute atomic E-state index is 0. The van der Waals surface area contributed by atoms with Crippen molar-refractivity contribution in [3.63, 3.8) is 0 Å². The molecule has 0 rings (SSSR count). The molecule has 0 aromatic carbocycles. The predicted octanol–water partition coefficient (Wildman–Crippen LogP) is 0.956. The largest absolute Gasteiger partial charge is 0.466 e. The van der Waals surface area contributed by atoms with Gasteiger partial charge in [0.25, 0.3) is 0 Å². The number of hydrogen-bond donors (Lipinski definition) is 1. The van der Waals surface area contributed by atoms with Crippen molar-refractivity contribution in [3.8, 4) is 0 Å². The minimum atomic E-state index is -0.152. The predicted molar refractivity (Wildman–Crippen MR) is 46.7 cm³/mol. The van der Waals surface area contributed by atoms with Gasteiger partial charge in [0.15, 0.2) is 0 Å². The van der Waals surface area contributed by atoms with E-state index in [1.165, 1.54) is 0 Å². The Morgan fingerprint density at radius 1 is 1.64 bits per heavy atom. The Hall–Kier alpha value is -0.280. The van der Waals surface area contributed by atoms with Crippen LogP contribution in [0.1, 0.15) is 20.3 Å². The molecular formula is C7H16ClNO2. The van der Waals surface area contributed by atoms with E-state index in [1.54, 1.807) is 6.92 Å². The summed E-state index contributed by atoms with van der Waals surface area (Å²) < 4.78 is 4.72. The van der Waals surface area contributed by atoms with Gasteiger partial charge in [0.2, 0.25) is 0 Å². The molecule has 0 fully saturated rings. The maximum atomic E-state index is 10.7. The highest BCUT2D eigenvalue weighted by Gasteiger charge is 2.06. The molecule has 0 spiro atoms. The lowest BCUT2D eigenvalue weighted by Crippen LogP contribution is -2.16. The van der Waals surface area contributed by atoms with Gasteiger partial charge in [-0.05, 0) is 19.4 Å². The van der Waals surface area contributed by atoms with Gasteiger partial charge in [-0.3, -0.25) is 4.79 Å². The Balaban J connectivity index is 0. The van der Waals surface area contributed by atoms with Crippen LogP contribution in [0.25, 0.3) is 0 Å². The fraction of sp³-hybridized carbons (Fsp3) is 0.857. The molecule has 68 valence electrons. The number of carbonyl (C=O) groups excluding carboxylic acids is 1. The van der Waals surface area contributed by atoms with Crippen molar-refractivity contribution in [2.24, 2.45) is 11.7 Å². The lowest BCUT2D eigenvalue weighted by molar-refractivity contribution is -0.144. The van der Waals surface area contributed by atoms with E-state index < -0.39 is 0 Å². The third kappa shape index (κ3) is 7.62. The van der Waals surface area contributed by atoms with Crippen LogP contribution in [-0.4, -0.2) is 19.1 Å². The number of hydrogen-bond acceptors (Lipinski definition) is 3. The maximum absolute atomic E-state index is 10.7. The molecule has 0 bridgehead atoms. The van der Waals surface area contributed by atoms with Gasteiger partial charge in [0.1, 0.15) is 0 Å². The Morgan fingerprint density at radius 2 is 2.18 bits per heavy atom. The monoisotopic (exact) mass is 181 g/mol. The van der Waals surface area contributed by atoms with Gasteiger partial charge in [0.05, 0.1) is 6.61 Å². The van der Waals surface area contributed by atoms with Crippen molar-refractivity contribution in [3.05, 3.63) is 0 Å². The average molecular weight is 182 g/mol. The number of nitrogens with two attached hydrogens (primary N) is 1. The quantitative estimate of drug-likeness (QED) is 0.658. The lowest BCUT2D eigenvalue weighted by Gasteiger charge is -2.06. The summed E-state index contributed by atoms with van der Waals surface area (Å²) in [6.45, 7) is 4.72. The van der Waals surface area contributed by atoms with E-state index in [0.717, 1.165) is 0 Å². The fourth-order valence-corrected chi connectivity index (χ4v) is 0.588. The number of ether oxygens (including phenoxy) is 1. The van der Waals surface area contributed by atoms with E-state index in [2.05, 4.69) is 0 Å². The van der Waals surface area contributed by atoms with E-state index in [-0.39, 0.29) is 24.3 Å². The van der Waals surface area contributed by atoms with Gasteiger partial charge in [-0.2, -0.15) is 0 Å². The Labute approximate surface area is 73.7 Å². The number of rotatable bonds is 4. The molecule has 4 heteroatoms. The van der Waals surface area contributed by atoms with Crippen molar-refractivity contribution < 1.29 is 9.53 Å². The van der Waals surface area contributed by atoms with E-state index in [4.69, 9.17) is 10.5 Å². The van der Waals surface area contributed by atoms with Gasteiger partial charge in [-0.25, -0.2) is 0 Å². The van der Waals surface area contributed by atoms with Crippen LogP contribution in [0.15, 0.2) is 0 Å². The van der Waals surface area contributed by atoms with Crippen LogP contribution in [0, 0.1) is 5.92 Å². The van der Waals surface area contributed by atoms with Crippen molar-refractivity contribution in [1.82, 2.24) is 0 Å². The van der Waals surface area contributed by atoms with Crippen LogP contribution in [0.5, 0.6) is 0 Å². The molecule has 0 heterocycles. The summed E-state index contributed by atoms with van der Waals surface area (Å²) in [5, 5.41) is 0. The summed E-state index contributed by atoms with van der Waals surface area (Å²) >= 11 is 0. The summed E-state index contributed by atoms with van der Waals surface area (Å²) in [5.74, 6) is 0.0829. The van der Waals surface area contributed by atoms with Gasteiger partial charge in [0, 0.05) is 6.42 Å². The van der Waals surface area contributed by atoms with Crippen LogP contribution in [0.2, 0.25) is 0 Å². The first-order valence-corrected chi connectivity index (χ1v) is 3.56. The SMILES string of the molecule is CCOC(=O)C[C@H](C)CN.Cl. The molecule has 0 aliphatic carbocycles. The molecule has 0 aliphatic rings. The Morgan fingerprint density at radius 3 is 2.55 bits per heavy atom. The standard InChI is InChI=1S/C7H15NO2.ClH/c1-3-10-7(9)4-6(2)5-8;/h6H,3-5,8H2,1-2H3;1H/t6-;/m0./s1. The van der Waals surface area contributed by atoms with Crippen molar-refractivity contribution in [2.75, 3.05) is 13.2 Å². The van der Waals surface area contributed by atoms with Crippen LogP contribution in [0.3, 0.4) is 0 Å². The molecule has 0 aliphatic heterocycles. The van der Waals surface area contributed by atoms with Crippen molar-refractivity contribution >= 4 is 18.4 Å². The molecule has 11 heavy (non-hydrogen) atoms. The topological polar surface area (TPSA) is 52.3 Å². The molecule has 0 radical (unpaired) electrons. The number of carbonyl (C=O) groups is 1.